The van der Waals surface area contributed by atoms with E-state index in [0.717, 1.165) is 44.9 Å². The lowest BCUT2D eigenvalue weighted by atomic mass is 9.91. The number of carbonyl (C=O) groups excluding carboxylic acids is 1. The molecule has 2 fully saturated rings. The maximum Gasteiger partial charge on any atom is 0.241 e. The number of nitrogens with zero attached hydrogens (tertiary/aromatic N) is 1. The van der Waals surface area contributed by atoms with Crippen molar-refractivity contribution in [3.63, 3.8) is 0 Å². The molecule has 4 heteroatoms. The highest BCUT2D eigenvalue weighted by atomic mass is 16.3. The Kier molecular flexibility index (Phi) is 4.62. The number of aliphatic hydroxyl groups is 1. The molecule has 1 aliphatic carbocycles. The summed E-state index contributed by atoms with van der Waals surface area (Å²) in [5.41, 5.74) is 0. The molecule has 1 heterocycles. The molecule has 2 rings (SSSR count). The summed E-state index contributed by atoms with van der Waals surface area (Å²) in [4.78, 5) is 14.5. The number of hydrogen-bond acceptors (Lipinski definition) is 3. The third kappa shape index (κ3) is 2.69. The van der Waals surface area contributed by atoms with Crippen molar-refractivity contribution in [3.8, 4) is 0 Å². The van der Waals surface area contributed by atoms with Gasteiger partial charge in [-0.2, -0.15) is 0 Å². The van der Waals surface area contributed by atoms with Crippen LogP contribution in [0.2, 0.25) is 0 Å². The van der Waals surface area contributed by atoms with Gasteiger partial charge in [-0.1, -0.05) is 20.3 Å². The van der Waals surface area contributed by atoms with E-state index in [1.54, 1.807) is 0 Å². The van der Waals surface area contributed by atoms with Crippen LogP contribution in [0.3, 0.4) is 0 Å². The minimum Gasteiger partial charge on any atom is -0.393 e. The second-order valence-corrected chi connectivity index (χ2v) is 5.64. The SMILES string of the molecule is CCCC1NC(CC)C(=O)N1C1CCC(O)CC1. The molecule has 0 spiro atoms. The first-order chi connectivity index (χ1) is 8.67. The molecule has 0 radical (unpaired) electrons. The first kappa shape index (κ1) is 13.8. The summed E-state index contributed by atoms with van der Waals surface area (Å²) in [7, 11) is 0. The summed E-state index contributed by atoms with van der Waals surface area (Å²) < 4.78 is 0. The van der Waals surface area contributed by atoms with Crippen LogP contribution in [-0.4, -0.2) is 40.3 Å². The zero-order chi connectivity index (χ0) is 13.1. The number of aliphatic hydroxyl groups excluding tert-OH is 1. The van der Waals surface area contributed by atoms with Crippen LogP contribution >= 0.6 is 0 Å². The van der Waals surface area contributed by atoms with Crippen LogP contribution in [0.5, 0.6) is 0 Å². The van der Waals surface area contributed by atoms with Crippen molar-refractivity contribution in [1.29, 1.82) is 0 Å². The molecule has 1 saturated carbocycles. The fourth-order valence-electron chi connectivity index (χ4n) is 3.28. The molecule has 1 saturated heterocycles. The van der Waals surface area contributed by atoms with Crippen molar-refractivity contribution in [1.82, 2.24) is 10.2 Å². The Labute approximate surface area is 110 Å². The number of carbonyl (C=O) groups is 1. The van der Waals surface area contributed by atoms with Crippen LogP contribution in [-0.2, 0) is 4.79 Å². The Morgan fingerprint density at radius 2 is 1.94 bits per heavy atom. The summed E-state index contributed by atoms with van der Waals surface area (Å²) in [6.07, 6.45) is 6.62. The monoisotopic (exact) mass is 254 g/mol. The highest BCUT2D eigenvalue weighted by Crippen LogP contribution is 2.29. The van der Waals surface area contributed by atoms with Crippen molar-refractivity contribution in [3.05, 3.63) is 0 Å². The molecule has 1 aliphatic heterocycles. The second kappa shape index (κ2) is 6.02. The first-order valence-corrected chi connectivity index (χ1v) is 7.43. The van der Waals surface area contributed by atoms with Crippen LogP contribution in [0.15, 0.2) is 0 Å². The van der Waals surface area contributed by atoms with E-state index < -0.39 is 0 Å². The van der Waals surface area contributed by atoms with Crippen molar-refractivity contribution in [2.45, 2.75) is 83.1 Å². The van der Waals surface area contributed by atoms with Gasteiger partial charge in [-0.3, -0.25) is 10.1 Å². The van der Waals surface area contributed by atoms with Crippen molar-refractivity contribution in [2.75, 3.05) is 0 Å². The van der Waals surface area contributed by atoms with Gasteiger partial charge in [0.15, 0.2) is 0 Å². The molecule has 0 aromatic heterocycles. The molecule has 0 aromatic carbocycles. The summed E-state index contributed by atoms with van der Waals surface area (Å²) in [6, 6.07) is 0.342. The second-order valence-electron chi connectivity index (χ2n) is 5.64. The van der Waals surface area contributed by atoms with Crippen molar-refractivity contribution >= 4 is 5.91 Å². The molecule has 2 N–H and O–H groups in total. The zero-order valence-electron chi connectivity index (χ0n) is 11.6. The Balaban J connectivity index is 2.05. The van der Waals surface area contributed by atoms with Crippen LogP contribution in [0.1, 0.15) is 58.8 Å². The van der Waals surface area contributed by atoms with Gasteiger partial charge in [0.05, 0.1) is 18.3 Å². The zero-order valence-corrected chi connectivity index (χ0v) is 11.6. The van der Waals surface area contributed by atoms with Crippen LogP contribution in [0.4, 0.5) is 0 Å². The maximum absolute atomic E-state index is 12.4. The average molecular weight is 254 g/mol. The first-order valence-electron chi connectivity index (χ1n) is 7.43. The standard InChI is InChI=1S/C14H26N2O2/c1-3-5-13-15-12(4-2)14(18)16(13)10-6-8-11(17)9-7-10/h10-13,15,17H,3-9H2,1-2H3. The van der Waals surface area contributed by atoms with E-state index in [1.165, 1.54) is 0 Å². The minimum atomic E-state index is -0.154. The fraction of sp³-hybridized carbons (Fsp3) is 0.929. The Bertz CT molecular complexity index is 288. The smallest absolute Gasteiger partial charge is 0.241 e. The molecular weight excluding hydrogens is 228 g/mol. The molecule has 18 heavy (non-hydrogen) atoms. The molecule has 0 bridgehead atoms. The van der Waals surface area contributed by atoms with E-state index in [0.29, 0.717) is 6.04 Å². The molecule has 104 valence electrons. The molecule has 0 aromatic rings. The van der Waals surface area contributed by atoms with Gasteiger partial charge in [0.25, 0.3) is 0 Å². The fourth-order valence-corrected chi connectivity index (χ4v) is 3.28. The van der Waals surface area contributed by atoms with Gasteiger partial charge in [-0.25, -0.2) is 0 Å². The van der Waals surface area contributed by atoms with E-state index in [2.05, 4.69) is 24.1 Å². The van der Waals surface area contributed by atoms with Crippen molar-refractivity contribution in [2.24, 2.45) is 0 Å². The Hall–Kier alpha value is -0.610. The molecule has 2 atom stereocenters. The van der Waals surface area contributed by atoms with Crippen LogP contribution in [0, 0.1) is 0 Å². The van der Waals surface area contributed by atoms with Gasteiger partial charge in [0, 0.05) is 6.04 Å². The van der Waals surface area contributed by atoms with Gasteiger partial charge in [-0.15, -0.1) is 0 Å². The molecule has 4 nitrogen and oxygen atoms in total. The summed E-state index contributed by atoms with van der Waals surface area (Å²) >= 11 is 0. The molecular formula is C14H26N2O2. The van der Waals surface area contributed by atoms with Crippen molar-refractivity contribution < 1.29 is 9.90 Å². The largest absolute Gasteiger partial charge is 0.393 e. The minimum absolute atomic E-state index is 0.00778. The van der Waals surface area contributed by atoms with E-state index in [-0.39, 0.29) is 24.2 Å². The lowest BCUT2D eigenvalue weighted by Crippen LogP contribution is -2.46. The third-order valence-electron chi connectivity index (χ3n) is 4.31. The predicted molar refractivity (Wildman–Crippen MR) is 71.0 cm³/mol. The van der Waals surface area contributed by atoms with Gasteiger partial charge in [-0.05, 0) is 38.5 Å². The van der Waals surface area contributed by atoms with E-state index >= 15 is 0 Å². The Morgan fingerprint density at radius 3 is 2.50 bits per heavy atom. The van der Waals surface area contributed by atoms with Crippen LogP contribution in [0.25, 0.3) is 0 Å². The lowest BCUT2D eigenvalue weighted by Gasteiger charge is -2.36. The highest BCUT2D eigenvalue weighted by molar-refractivity contribution is 5.84. The average Bonchev–Trinajstić information content (AvgIpc) is 2.68. The van der Waals surface area contributed by atoms with Gasteiger partial charge >= 0.3 is 0 Å². The topological polar surface area (TPSA) is 52.6 Å². The predicted octanol–water partition coefficient (Wildman–Crippen LogP) is 1.63. The van der Waals surface area contributed by atoms with E-state index in [9.17, 15) is 9.90 Å². The molecule has 1 amide bonds. The van der Waals surface area contributed by atoms with Gasteiger partial charge in [0.2, 0.25) is 5.91 Å². The quantitative estimate of drug-likeness (QED) is 0.801. The number of amides is 1. The normalized spacial score (nSPS) is 37.3. The summed E-state index contributed by atoms with van der Waals surface area (Å²) in [5.74, 6) is 0.275. The summed E-state index contributed by atoms with van der Waals surface area (Å²) in [6.45, 7) is 4.22. The third-order valence-corrected chi connectivity index (χ3v) is 4.31. The summed E-state index contributed by atoms with van der Waals surface area (Å²) in [5, 5.41) is 13.0. The highest BCUT2D eigenvalue weighted by Gasteiger charge is 2.41. The maximum atomic E-state index is 12.4. The van der Waals surface area contributed by atoms with Gasteiger partial charge < -0.3 is 10.0 Å². The van der Waals surface area contributed by atoms with Crippen LogP contribution < -0.4 is 5.32 Å². The number of nitrogens with one attached hydrogen (secondary N) is 1. The van der Waals surface area contributed by atoms with Gasteiger partial charge in [0.1, 0.15) is 0 Å². The number of hydrogen-bond donors (Lipinski definition) is 2. The molecule has 2 unspecified atom stereocenters. The van der Waals surface area contributed by atoms with E-state index in [1.807, 2.05) is 0 Å². The van der Waals surface area contributed by atoms with E-state index in [4.69, 9.17) is 0 Å². The Morgan fingerprint density at radius 1 is 1.28 bits per heavy atom. The number of rotatable bonds is 4. The molecule has 2 aliphatic rings. The lowest BCUT2D eigenvalue weighted by molar-refractivity contribution is -0.133.